The number of nitrogens with zero attached hydrogens (tertiary/aromatic N) is 4. The lowest BCUT2D eigenvalue weighted by molar-refractivity contribution is 0.0942. The molecule has 0 spiro atoms. The minimum Gasteiger partial charge on any atom is -0.495 e. The van der Waals surface area contributed by atoms with E-state index in [0.717, 1.165) is 18.4 Å². The molecular weight excluding hydrogens is 613 g/mol. The third-order valence-corrected chi connectivity index (χ3v) is 8.05. The van der Waals surface area contributed by atoms with E-state index in [1.165, 1.54) is 18.1 Å². The van der Waals surface area contributed by atoms with Crippen LogP contribution in [0, 0.1) is 6.92 Å². The smallest absolute Gasteiger partial charge is 0.254 e. The molecule has 13 heteroatoms. The lowest BCUT2D eigenvalue weighted by Crippen LogP contribution is -2.30. The van der Waals surface area contributed by atoms with E-state index in [2.05, 4.69) is 25.7 Å². The van der Waals surface area contributed by atoms with Crippen LogP contribution in [0.25, 0.3) is 16.7 Å². The number of carbonyl (C=O) groups excluding carboxylic acids is 2. The number of fused-ring (bicyclic) bond motifs is 1. The van der Waals surface area contributed by atoms with Gasteiger partial charge in [0.1, 0.15) is 23.7 Å². The van der Waals surface area contributed by atoms with Crippen molar-refractivity contribution in [2.45, 2.75) is 31.7 Å². The second-order valence-electron chi connectivity index (χ2n) is 10.3. The number of methoxy groups -OCH3 is 1. The van der Waals surface area contributed by atoms with E-state index in [9.17, 15) is 9.59 Å². The van der Waals surface area contributed by atoms with Gasteiger partial charge < -0.3 is 20.4 Å². The molecule has 3 N–H and O–H groups in total. The summed E-state index contributed by atoms with van der Waals surface area (Å²) in [6.07, 6.45) is 3.50. The highest BCUT2D eigenvalue weighted by molar-refractivity contribution is 6.40. The highest BCUT2D eigenvalue weighted by Crippen LogP contribution is 2.32. The molecule has 5 aromatic rings. The van der Waals surface area contributed by atoms with E-state index >= 15 is 0 Å². The molecular formula is C30H26Cl3N7O3. The normalized spacial score (nSPS) is 13.6. The SMILES string of the molecule is COc1cc2nc(C(CNC(=O)c3c(Cl)cc(-n4cnc(C)n4)cc3Cl)c3cccc(C(=O)NC4CC4)c3)[nH]c2cc1Cl. The quantitative estimate of drug-likeness (QED) is 0.185. The Kier molecular flexibility index (Phi) is 8.00. The van der Waals surface area contributed by atoms with Crippen LogP contribution in [0.1, 0.15) is 56.7 Å². The molecule has 1 fully saturated rings. The summed E-state index contributed by atoms with van der Waals surface area (Å²) in [5, 5.41) is 11.0. The first kappa shape index (κ1) is 29.0. The molecule has 43 heavy (non-hydrogen) atoms. The Morgan fingerprint density at radius 2 is 1.84 bits per heavy atom. The Bertz CT molecular complexity index is 1840. The third kappa shape index (κ3) is 6.17. The van der Waals surface area contributed by atoms with Crippen molar-refractivity contribution in [3.05, 3.63) is 98.3 Å². The molecule has 6 rings (SSSR count). The highest BCUT2D eigenvalue weighted by atomic mass is 35.5. The van der Waals surface area contributed by atoms with Crippen molar-refractivity contribution in [2.24, 2.45) is 0 Å². The number of ether oxygens (including phenoxy) is 1. The van der Waals surface area contributed by atoms with Crippen LogP contribution >= 0.6 is 34.8 Å². The molecule has 220 valence electrons. The van der Waals surface area contributed by atoms with E-state index in [0.29, 0.717) is 44.7 Å². The summed E-state index contributed by atoms with van der Waals surface area (Å²) >= 11 is 19.4. The maximum Gasteiger partial charge on any atom is 0.254 e. The number of hydrogen-bond donors (Lipinski definition) is 3. The summed E-state index contributed by atoms with van der Waals surface area (Å²) < 4.78 is 6.88. The molecule has 1 aliphatic rings. The first-order valence-electron chi connectivity index (χ1n) is 13.5. The van der Waals surface area contributed by atoms with Gasteiger partial charge in [-0.2, -0.15) is 5.10 Å². The van der Waals surface area contributed by atoms with Gasteiger partial charge in [-0.1, -0.05) is 46.9 Å². The lowest BCUT2D eigenvalue weighted by atomic mass is 9.96. The Morgan fingerprint density at radius 1 is 1.07 bits per heavy atom. The zero-order chi connectivity index (χ0) is 30.2. The van der Waals surface area contributed by atoms with Crippen molar-refractivity contribution in [3.63, 3.8) is 0 Å². The van der Waals surface area contributed by atoms with Crippen LogP contribution in [0.2, 0.25) is 15.1 Å². The van der Waals surface area contributed by atoms with Crippen molar-refractivity contribution in [1.29, 1.82) is 0 Å². The van der Waals surface area contributed by atoms with Crippen molar-refractivity contribution >= 4 is 57.7 Å². The van der Waals surface area contributed by atoms with Gasteiger partial charge in [0.05, 0.1) is 50.4 Å². The van der Waals surface area contributed by atoms with E-state index in [1.807, 2.05) is 18.2 Å². The zero-order valence-electron chi connectivity index (χ0n) is 23.1. The second kappa shape index (κ2) is 11.9. The van der Waals surface area contributed by atoms with Gasteiger partial charge in [-0.05, 0) is 55.7 Å². The Morgan fingerprint density at radius 3 is 2.51 bits per heavy atom. The van der Waals surface area contributed by atoms with Gasteiger partial charge in [0, 0.05) is 24.2 Å². The molecule has 1 unspecified atom stereocenters. The molecule has 2 aromatic heterocycles. The van der Waals surface area contributed by atoms with Crippen LogP contribution < -0.4 is 15.4 Å². The molecule has 0 saturated heterocycles. The average molecular weight is 639 g/mol. The molecule has 2 amide bonds. The van der Waals surface area contributed by atoms with Gasteiger partial charge in [-0.15, -0.1) is 0 Å². The number of amides is 2. The van der Waals surface area contributed by atoms with Crippen molar-refractivity contribution in [1.82, 2.24) is 35.4 Å². The van der Waals surface area contributed by atoms with E-state index in [-0.39, 0.29) is 34.1 Å². The van der Waals surface area contributed by atoms with Crippen LogP contribution in [0.3, 0.4) is 0 Å². The summed E-state index contributed by atoms with van der Waals surface area (Å²) in [7, 11) is 1.53. The van der Waals surface area contributed by atoms with Crippen LogP contribution in [0.15, 0.2) is 54.9 Å². The van der Waals surface area contributed by atoms with Gasteiger partial charge in [0.2, 0.25) is 0 Å². The number of H-pyrrole nitrogens is 1. The predicted octanol–water partition coefficient (Wildman–Crippen LogP) is 5.87. The number of hydrogen-bond acceptors (Lipinski definition) is 6. The van der Waals surface area contributed by atoms with Crippen LogP contribution in [0.5, 0.6) is 5.75 Å². The topological polar surface area (TPSA) is 127 Å². The molecule has 3 aromatic carbocycles. The summed E-state index contributed by atoms with van der Waals surface area (Å²) in [5.41, 5.74) is 3.33. The average Bonchev–Trinajstić information content (AvgIpc) is 3.53. The number of benzene rings is 3. The fourth-order valence-corrected chi connectivity index (χ4v) is 5.67. The monoisotopic (exact) mass is 637 g/mol. The van der Waals surface area contributed by atoms with E-state index < -0.39 is 11.8 Å². The van der Waals surface area contributed by atoms with Crippen molar-refractivity contribution < 1.29 is 14.3 Å². The number of halogens is 3. The molecule has 1 atom stereocenters. The minimum atomic E-state index is -0.468. The van der Waals surface area contributed by atoms with E-state index in [1.54, 1.807) is 37.3 Å². The van der Waals surface area contributed by atoms with Gasteiger partial charge >= 0.3 is 0 Å². The first-order valence-corrected chi connectivity index (χ1v) is 14.6. The van der Waals surface area contributed by atoms with E-state index in [4.69, 9.17) is 44.5 Å². The summed E-state index contributed by atoms with van der Waals surface area (Å²) in [5.74, 6) is 0.558. The fourth-order valence-electron chi connectivity index (χ4n) is 4.78. The summed E-state index contributed by atoms with van der Waals surface area (Å²) in [6.45, 7) is 1.88. The number of nitrogens with one attached hydrogen (secondary N) is 3. The summed E-state index contributed by atoms with van der Waals surface area (Å²) in [6, 6.07) is 14.2. The number of rotatable bonds is 9. The number of imidazole rings is 1. The van der Waals surface area contributed by atoms with Crippen LogP contribution in [0.4, 0.5) is 0 Å². The molecule has 2 heterocycles. The minimum absolute atomic E-state index is 0.119. The molecule has 0 aliphatic heterocycles. The van der Waals surface area contributed by atoms with Crippen LogP contribution in [-0.4, -0.2) is 56.2 Å². The zero-order valence-corrected chi connectivity index (χ0v) is 25.4. The van der Waals surface area contributed by atoms with Gasteiger partial charge in [0.15, 0.2) is 0 Å². The number of aromatic nitrogens is 5. The molecule has 0 bridgehead atoms. The predicted molar refractivity (Wildman–Crippen MR) is 165 cm³/mol. The molecule has 10 nitrogen and oxygen atoms in total. The summed E-state index contributed by atoms with van der Waals surface area (Å²) in [4.78, 5) is 38.5. The van der Waals surface area contributed by atoms with Gasteiger partial charge in [-0.3, -0.25) is 9.59 Å². The van der Waals surface area contributed by atoms with Gasteiger partial charge in [0.25, 0.3) is 11.8 Å². The Balaban J connectivity index is 1.32. The largest absolute Gasteiger partial charge is 0.495 e. The molecule has 1 aliphatic carbocycles. The number of aromatic amines is 1. The number of aryl methyl sites for hydroxylation is 1. The lowest BCUT2D eigenvalue weighted by Gasteiger charge is -2.18. The van der Waals surface area contributed by atoms with Crippen molar-refractivity contribution in [3.8, 4) is 11.4 Å². The second-order valence-corrected chi connectivity index (χ2v) is 11.5. The Labute approximate surface area is 261 Å². The third-order valence-electron chi connectivity index (χ3n) is 7.16. The highest BCUT2D eigenvalue weighted by Gasteiger charge is 2.26. The molecule has 1 saturated carbocycles. The van der Waals surface area contributed by atoms with Gasteiger partial charge in [-0.25, -0.2) is 14.6 Å². The number of carbonyl (C=O) groups is 2. The van der Waals surface area contributed by atoms with Crippen molar-refractivity contribution in [2.75, 3.05) is 13.7 Å². The molecule has 0 radical (unpaired) electrons. The standard InChI is InChI=1S/C30H26Cl3N7O3/c1-15-35-14-40(39-15)19-9-22(32)27(23(33)10-19)30(42)34-13-20(16-4-3-5-17(8-16)29(41)36-18-6-7-18)28-37-24-11-21(31)26(43-2)12-25(24)38-28/h3-5,8-12,14,18,20H,6-7,13H2,1-2H3,(H,34,42)(H,36,41)(H,37,38). The maximum absolute atomic E-state index is 13.5. The Hall–Kier alpha value is -4.12. The fraction of sp³-hybridized carbons (Fsp3) is 0.233. The van der Waals surface area contributed by atoms with Crippen LogP contribution in [-0.2, 0) is 0 Å². The first-order chi connectivity index (χ1) is 20.7. The maximum atomic E-state index is 13.5.